The Hall–Kier alpha value is -0.600. The quantitative estimate of drug-likeness (QED) is 0.742. The molecule has 1 rings (SSSR count). The molecular formula is C7H6Cl2O2. The van der Waals surface area contributed by atoms with Crippen LogP contribution in [0.15, 0.2) is 12.1 Å². The molecule has 0 aliphatic carbocycles. The van der Waals surface area contributed by atoms with Gasteiger partial charge in [-0.3, -0.25) is 0 Å². The van der Waals surface area contributed by atoms with E-state index in [4.69, 9.17) is 27.9 Å². The Morgan fingerprint density at radius 2 is 2.00 bits per heavy atom. The van der Waals surface area contributed by atoms with E-state index in [0.29, 0.717) is 5.02 Å². The summed E-state index contributed by atoms with van der Waals surface area (Å²) < 4.78 is 4.79. The highest BCUT2D eigenvalue weighted by Crippen LogP contribution is 2.36. The third kappa shape index (κ3) is 1.70. The first-order valence-electron chi connectivity index (χ1n) is 2.87. The van der Waals surface area contributed by atoms with Crippen LogP contribution < -0.4 is 4.74 Å². The zero-order chi connectivity index (χ0) is 8.43. The van der Waals surface area contributed by atoms with Gasteiger partial charge >= 0.3 is 0 Å². The van der Waals surface area contributed by atoms with Crippen LogP contribution in [0.4, 0.5) is 0 Å². The van der Waals surface area contributed by atoms with Crippen molar-refractivity contribution < 1.29 is 9.84 Å². The third-order valence-corrected chi connectivity index (χ3v) is 1.72. The lowest BCUT2D eigenvalue weighted by Crippen LogP contribution is -1.83. The smallest absolute Gasteiger partial charge is 0.176 e. The van der Waals surface area contributed by atoms with Crippen LogP contribution in [0, 0.1) is 0 Å². The lowest BCUT2D eigenvalue weighted by atomic mass is 10.3. The van der Waals surface area contributed by atoms with Gasteiger partial charge in [0.25, 0.3) is 0 Å². The van der Waals surface area contributed by atoms with Crippen LogP contribution in [0.1, 0.15) is 0 Å². The molecule has 0 saturated heterocycles. The lowest BCUT2D eigenvalue weighted by molar-refractivity contribution is 0.373. The molecule has 0 amide bonds. The van der Waals surface area contributed by atoms with E-state index >= 15 is 0 Å². The van der Waals surface area contributed by atoms with Crippen LogP contribution in [0.25, 0.3) is 0 Å². The standard InChI is InChI=1S/C7H6Cl2O2/c1-11-6-3-4(8)2-5(9)7(6)10/h2-3,10H,1H3. The first-order valence-corrected chi connectivity index (χ1v) is 3.62. The average molecular weight is 193 g/mol. The van der Waals surface area contributed by atoms with Gasteiger partial charge in [0.1, 0.15) is 0 Å². The molecule has 0 aliphatic heterocycles. The molecule has 1 aromatic carbocycles. The molecule has 0 saturated carbocycles. The van der Waals surface area contributed by atoms with Crippen molar-refractivity contribution >= 4 is 23.2 Å². The van der Waals surface area contributed by atoms with Crippen LogP contribution in [0.2, 0.25) is 10.0 Å². The normalized spacial score (nSPS) is 9.73. The highest BCUT2D eigenvalue weighted by Gasteiger charge is 2.06. The monoisotopic (exact) mass is 192 g/mol. The molecule has 0 aromatic heterocycles. The van der Waals surface area contributed by atoms with Gasteiger partial charge in [-0.2, -0.15) is 0 Å². The number of halogens is 2. The maximum atomic E-state index is 9.21. The number of rotatable bonds is 1. The van der Waals surface area contributed by atoms with Crippen molar-refractivity contribution in [1.82, 2.24) is 0 Å². The minimum absolute atomic E-state index is 0.0847. The van der Waals surface area contributed by atoms with Crippen LogP contribution >= 0.6 is 23.2 Å². The summed E-state index contributed by atoms with van der Waals surface area (Å²) in [5.41, 5.74) is 0. The second-order valence-electron chi connectivity index (χ2n) is 1.94. The highest BCUT2D eigenvalue weighted by atomic mass is 35.5. The largest absolute Gasteiger partial charge is 0.503 e. The van der Waals surface area contributed by atoms with Gasteiger partial charge in [-0.1, -0.05) is 23.2 Å². The lowest BCUT2D eigenvalue weighted by Gasteiger charge is -2.04. The third-order valence-electron chi connectivity index (χ3n) is 1.21. The molecule has 0 heterocycles. The molecule has 0 aliphatic rings. The van der Waals surface area contributed by atoms with E-state index in [-0.39, 0.29) is 16.5 Å². The summed E-state index contributed by atoms with van der Waals surface area (Å²) in [6, 6.07) is 2.93. The predicted octanol–water partition coefficient (Wildman–Crippen LogP) is 2.71. The Morgan fingerprint density at radius 1 is 1.36 bits per heavy atom. The number of hydrogen-bond acceptors (Lipinski definition) is 2. The second kappa shape index (κ2) is 3.20. The molecule has 11 heavy (non-hydrogen) atoms. The molecule has 60 valence electrons. The summed E-state index contributed by atoms with van der Waals surface area (Å²) >= 11 is 11.2. The molecule has 1 aromatic rings. The molecule has 2 nitrogen and oxygen atoms in total. The van der Waals surface area contributed by atoms with Crippen molar-refractivity contribution in [2.24, 2.45) is 0 Å². The van der Waals surface area contributed by atoms with Gasteiger partial charge in [0, 0.05) is 11.1 Å². The van der Waals surface area contributed by atoms with E-state index in [9.17, 15) is 5.11 Å². The molecule has 0 radical (unpaired) electrons. The summed E-state index contributed by atoms with van der Waals surface area (Å²) in [6.45, 7) is 0. The van der Waals surface area contributed by atoms with E-state index < -0.39 is 0 Å². The van der Waals surface area contributed by atoms with E-state index in [2.05, 4.69) is 0 Å². The Morgan fingerprint density at radius 3 is 2.55 bits per heavy atom. The number of phenolic OH excluding ortho intramolecular Hbond substituents is 1. The number of benzene rings is 1. The van der Waals surface area contributed by atoms with E-state index in [0.717, 1.165) is 0 Å². The molecule has 0 unspecified atom stereocenters. The molecule has 0 fully saturated rings. The molecule has 0 bridgehead atoms. The average Bonchev–Trinajstić information content (AvgIpc) is 1.96. The first kappa shape index (κ1) is 8.50. The summed E-state index contributed by atoms with van der Waals surface area (Å²) in [7, 11) is 1.43. The van der Waals surface area contributed by atoms with Crippen molar-refractivity contribution in [2.45, 2.75) is 0 Å². The summed E-state index contributed by atoms with van der Waals surface area (Å²) in [6.07, 6.45) is 0. The van der Waals surface area contributed by atoms with Crippen LogP contribution in [-0.2, 0) is 0 Å². The summed E-state index contributed by atoms with van der Waals surface area (Å²) in [5.74, 6) is 0.195. The number of methoxy groups -OCH3 is 1. The fourth-order valence-electron chi connectivity index (χ4n) is 0.698. The molecule has 1 N–H and O–H groups in total. The maximum absolute atomic E-state index is 9.21. The van der Waals surface area contributed by atoms with Gasteiger partial charge < -0.3 is 9.84 Å². The summed E-state index contributed by atoms with van der Waals surface area (Å²) in [5, 5.41) is 9.83. The Balaban J connectivity index is 3.24. The van der Waals surface area contributed by atoms with Crippen LogP contribution in [-0.4, -0.2) is 12.2 Å². The fourth-order valence-corrected chi connectivity index (χ4v) is 1.17. The topological polar surface area (TPSA) is 29.5 Å². The van der Waals surface area contributed by atoms with Gasteiger partial charge in [-0.25, -0.2) is 0 Å². The number of aromatic hydroxyl groups is 1. The minimum atomic E-state index is -0.0847. The fraction of sp³-hybridized carbons (Fsp3) is 0.143. The SMILES string of the molecule is COc1cc(Cl)cc(Cl)c1O. The number of phenols is 1. The van der Waals surface area contributed by atoms with E-state index in [1.165, 1.54) is 19.2 Å². The van der Waals surface area contributed by atoms with Gasteiger partial charge in [0.15, 0.2) is 11.5 Å². The minimum Gasteiger partial charge on any atom is -0.503 e. The number of ether oxygens (including phenoxy) is 1. The molecule has 0 atom stereocenters. The Labute approximate surface area is 74.3 Å². The predicted molar refractivity (Wildman–Crippen MR) is 44.7 cm³/mol. The van der Waals surface area contributed by atoms with Gasteiger partial charge in [-0.15, -0.1) is 0 Å². The zero-order valence-corrected chi connectivity index (χ0v) is 7.28. The molecule has 0 spiro atoms. The van der Waals surface area contributed by atoms with E-state index in [1.54, 1.807) is 0 Å². The van der Waals surface area contributed by atoms with Crippen molar-refractivity contribution in [3.8, 4) is 11.5 Å². The van der Waals surface area contributed by atoms with E-state index in [1.807, 2.05) is 0 Å². The van der Waals surface area contributed by atoms with Gasteiger partial charge in [-0.05, 0) is 6.07 Å². The van der Waals surface area contributed by atoms with Crippen LogP contribution in [0.5, 0.6) is 11.5 Å². The van der Waals surface area contributed by atoms with Crippen molar-refractivity contribution in [3.63, 3.8) is 0 Å². The van der Waals surface area contributed by atoms with Gasteiger partial charge in [0.05, 0.1) is 12.1 Å². The van der Waals surface area contributed by atoms with Crippen molar-refractivity contribution in [2.75, 3.05) is 7.11 Å². The van der Waals surface area contributed by atoms with Crippen molar-refractivity contribution in [3.05, 3.63) is 22.2 Å². The zero-order valence-electron chi connectivity index (χ0n) is 5.77. The first-order chi connectivity index (χ1) is 5.15. The van der Waals surface area contributed by atoms with Crippen LogP contribution in [0.3, 0.4) is 0 Å². The Kier molecular flexibility index (Phi) is 2.47. The van der Waals surface area contributed by atoms with Crippen molar-refractivity contribution in [1.29, 1.82) is 0 Å². The highest BCUT2D eigenvalue weighted by molar-refractivity contribution is 6.35. The molecular weight excluding hydrogens is 187 g/mol. The maximum Gasteiger partial charge on any atom is 0.176 e. The second-order valence-corrected chi connectivity index (χ2v) is 2.78. The van der Waals surface area contributed by atoms with Gasteiger partial charge in [0.2, 0.25) is 0 Å². The Bertz CT molecular complexity index is 273. The molecule has 4 heteroatoms. The number of hydrogen-bond donors (Lipinski definition) is 1. The summed E-state index contributed by atoms with van der Waals surface area (Å²) in [4.78, 5) is 0.